The van der Waals surface area contributed by atoms with Gasteiger partial charge in [0.05, 0.1) is 19.3 Å². The minimum Gasteiger partial charge on any atom is -0.376 e. The van der Waals surface area contributed by atoms with E-state index in [4.69, 9.17) is 4.74 Å². The van der Waals surface area contributed by atoms with E-state index in [1.807, 2.05) is 20.8 Å². The lowest BCUT2D eigenvalue weighted by Gasteiger charge is -2.37. The molecule has 0 aromatic carbocycles. The van der Waals surface area contributed by atoms with Crippen LogP contribution >= 0.6 is 0 Å². The Morgan fingerprint density at radius 1 is 1.40 bits per heavy atom. The van der Waals surface area contributed by atoms with Crippen molar-refractivity contribution in [2.75, 3.05) is 19.7 Å². The Labute approximate surface area is 92.8 Å². The minimum atomic E-state index is -0.235. The quantitative estimate of drug-likeness (QED) is 0.699. The molecule has 0 spiro atoms. The second kappa shape index (κ2) is 4.62. The molecule has 1 heterocycles. The first-order chi connectivity index (χ1) is 6.80. The van der Waals surface area contributed by atoms with Crippen LogP contribution in [-0.2, 0) is 9.53 Å². The molecule has 1 fully saturated rings. The molecule has 0 aromatic heterocycles. The van der Waals surface area contributed by atoms with E-state index in [1.165, 1.54) is 0 Å². The Bertz CT molecular complexity index is 232. The first-order valence-electron chi connectivity index (χ1n) is 5.69. The van der Waals surface area contributed by atoms with Gasteiger partial charge in [0.25, 0.3) is 0 Å². The van der Waals surface area contributed by atoms with Crippen LogP contribution in [0, 0.1) is 5.41 Å². The Kier molecular flexibility index (Phi) is 3.90. The van der Waals surface area contributed by atoms with E-state index in [9.17, 15) is 4.79 Å². The van der Waals surface area contributed by atoms with Gasteiger partial charge < -0.3 is 4.74 Å². The van der Waals surface area contributed by atoms with Gasteiger partial charge in [-0.1, -0.05) is 20.8 Å². The van der Waals surface area contributed by atoms with Crippen molar-refractivity contribution in [3.63, 3.8) is 0 Å². The van der Waals surface area contributed by atoms with Crippen molar-refractivity contribution in [3.05, 3.63) is 0 Å². The van der Waals surface area contributed by atoms with Gasteiger partial charge >= 0.3 is 0 Å². The first-order valence-corrected chi connectivity index (χ1v) is 5.69. The minimum absolute atomic E-state index is 0.235. The van der Waals surface area contributed by atoms with Crippen molar-refractivity contribution in [2.24, 2.45) is 5.41 Å². The van der Waals surface area contributed by atoms with Gasteiger partial charge in [0.2, 0.25) is 0 Å². The summed E-state index contributed by atoms with van der Waals surface area (Å²) < 4.78 is 5.53. The van der Waals surface area contributed by atoms with Crippen LogP contribution in [0.1, 0.15) is 34.6 Å². The van der Waals surface area contributed by atoms with Gasteiger partial charge in [-0.25, -0.2) is 0 Å². The van der Waals surface area contributed by atoms with Crippen molar-refractivity contribution in [1.82, 2.24) is 4.90 Å². The molecule has 1 saturated heterocycles. The van der Waals surface area contributed by atoms with E-state index in [-0.39, 0.29) is 11.5 Å². The molecule has 1 aliphatic heterocycles. The number of hydrogen-bond donors (Lipinski definition) is 0. The summed E-state index contributed by atoms with van der Waals surface area (Å²) in [6, 6.07) is 0.354. The fourth-order valence-corrected chi connectivity index (χ4v) is 1.61. The van der Waals surface area contributed by atoms with Crippen molar-refractivity contribution in [3.8, 4) is 0 Å². The summed E-state index contributed by atoms with van der Waals surface area (Å²) in [5, 5.41) is 0. The molecule has 1 rings (SSSR count). The highest BCUT2D eigenvalue weighted by atomic mass is 16.5. The number of morpholine rings is 1. The Hall–Kier alpha value is -0.410. The monoisotopic (exact) mass is 213 g/mol. The zero-order valence-corrected chi connectivity index (χ0v) is 10.5. The summed E-state index contributed by atoms with van der Waals surface area (Å²) in [6.07, 6.45) is 0.244. The van der Waals surface area contributed by atoms with E-state index in [2.05, 4.69) is 18.7 Å². The van der Waals surface area contributed by atoms with E-state index >= 15 is 0 Å². The van der Waals surface area contributed by atoms with Gasteiger partial charge in [0.1, 0.15) is 0 Å². The number of carbonyl (C=O) groups is 1. The standard InChI is InChI=1S/C12H23NO2/c1-9-8-15-10(2)6-13(9)7-11(14)12(3,4)5/h9-10H,6-8H2,1-5H3. The average molecular weight is 213 g/mol. The number of Topliss-reactive ketones (excluding diaryl/α,β-unsaturated/α-hetero) is 1. The van der Waals surface area contributed by atoms with Crippen molar-refractivity contribution < 1.29 is 9.53 Å². The van der Waals surface area contributed by atoms with Crippen LogP contribution in [0.5, 0.6) is 0 Å². The lowest BCUT2D eigenvalue weighted by Crippen LogP contribution is -2.50. The number of rotatable bonds is 2. The highest BCUT2D eigenvalue weighted by Crippen LogP contribution is 2.18. The number of carbonyl (C=O) groups excluding carboxylic acids is 1. The summed E-state index contributed by atoms with van der Waals surface area (Å²) in [7, 11) is 0. The van der Waals surface area contributed by atoms with Gasteiger partial charge in [0.15, 0.2) is 5.78 Å². The third kappa shape index (κ3) is 3.58. The number of ketones is 1. The molecule has 15 heavy (non-hydrogen) atoms. The molecule has 0 amide bonds. The summed E-state index contributed by atoms with van der Waals surface area (Å²) in [6.45, 7) is 12.2. The maximum absolute atomic E-state index is 11.9. The summed E-state index contributed by atoms with van der Waals surface area (Å²) in [4.78, 5) is 14.1. The molecule has 2 unspecified atom stereocenters. The van der Waals surface area contributed by atoms with Gasteiger partial charge in [-0.05, 0) is 13.8 Å². The van der Waals surface area contributed by atoms with E-state index in [0.717, 1.165) is 13.2 Å². The summed E-state index contributed by atoms with van der Waals surface area (Å²) in [5.74, 6) is 0.309. The second-order valence-corrected chi connectivity index (χ2v) is 5.60. The van der Waals surface area contributed by atoms with Crippen LogP contribution < -0.4 is 0 Å². The molecule has 1 aliphatic rings. The van der Waals surface area contributed by atoms with Gasteiger partial charge in [0, 0.05) is 18.0 Å². The molecule has 0 aromatic rings. The second-order valence-electron chi connectivity index (χ2n) is 5.60. The first kappa shape index (κ1) is 12.7. The number of nitrogens with zero attached hydrogens (tertiary/aromatic N) is 1. The maximum atomic E-state index is 11.9. The van der Waals surface area contributed by atoms with Crippen molar-refractivity contribution >= 4 is 5.78 Å². The smallest absolute Gasteiger partial charge is 0.152 e. The van der Waals surface area contributed by atoms with E-state index < -0.39 is 0 Å². The highest BCUT2D eigenvalue weighted by molar-refractivity contribution is 5.85. The largest absolute Gasteiger partial charge is 0.376 e. The van der Waals surface area contributed by atoms with Gasteiger partial charge in [-0.15, -0.1) is 0 Å². The summed E-state index contributed by atoms with van der Waals surface area (Å²) in [5.41, 5.74) is -0.235. The molecule has 88 valence electrons. The molecule has 0 aliphatic carbocycles. The lowest BCUT2D eigenvalue weighted by molar-refractivity contribution is -0.131. The Morgan fingerprint density at radius 3 is 2.53 bits per heavy atom. The van der Waals surface area contributed by atoms with Crippen LogP contribution in [0.25, 0.3) is 0 Å². The van der Waals surface area contributed by atoms with Crippen LogP contribution in [-0.4, -0.2) is 42.5 Å². The Balaban J connectivity index is 2.53. The van der Waals surface area contributed by atoms with Gasteiger partial charge in [-0.3, -0.25) is 9.69 Å². The molecule has 0 bridgehead atoms. The van der Waals surface area contributed by atoms with E-state index in [0.29, 0.717) is 18.4 Å². The number of ether oxygens (including phenoxy) is 1. The fraction of sp³-hybridized carbons (Fsp3) is 0.917. The highest BCUT2D eigenvalue weighted by Gasteiger charge is 2.29. The third-order valence-corrected chi connectivity index (χ3v) is 2.92. The van der Waals surface area contributed by atoms with Crippen molar-refractivity contribution in [1.29, 1.82) is 0 Å². The third-order valence-electron chi connectivity index (χ3n) is 2.92. The summed E-state index contributed by atoms with van der Waals surface area (Å²) >= 11 is 0. The molecule has 0 radical (unpaired) electrons. The molecular weight excluding hydrogens is 190 g/mol. The van der Waals surface area contributed by atoms with E-state index in [1.54, 1.807) is 0 Å². The van der Waals surface area contributed by atoms with Crippen LogP contribution in [0.2, 0.25) is 0 Å². The topological polar surface area (TPSA) is 29.5 Å². The predicted molar refractivity (Wildman–Crippen MR) is 60.9 cm³/mol. The fourth-order valence-electron chi connectivity index (χ4n) is 1.61. The van der Waals surface area contributed by atoms with Crippen LogP contribution in [0.15, 0.2) is 0 Å². The molecular formula is C12H23NO2. The molecule has 3 nitrogen and oxygen atoms in total. The zero-order valence-electron chi connectivity index (χ0n) is 10.5. The lowest BCUT2D eigenvalue weighted by atomic mass is 9.90. The molecule has 0 saturated carbocycles. The van der Waals surface area contributed by atoms with Crippen molar-refractivity contribution in [2.45, 2.75) is 46.8 Å². The number of hydrogen-bond acceptors (Lipinski definition) is 3. The maximum Gasteiger partial charge on any atom is 0.152 e. The molecule has 2 atom stereocenters. The van der Waals surface area contributed by atoms with Gasteiger partial charge in [-0.2, -0.15) is 0 Å². The normalized spacial score (nSPS) is 29.1. The zero-order chi connectivity index (χ0) is 11.6. The molecule has 3 heteroatoms. The average Bonchev–Trinajstić information content (AvgIpc) is 2.09. The van der Waals surface area contributed by atoms with Crippen LogP contribution in [0.4, 0.5) is 0 Å². The molecule has 0 N–H and O–H groups in total. The van der Waals surface area contributed by atoms with Crippen LogP contribution in [0.3, 0.4) is 0 Å². The SMILES string of the molecule is CC1CN(CC(=O)C(C)(C)C)C(C)CO1. The Morgan fingerprint density at radius 2 is 2.00 bits per heavy atom. The predicted octanol–water partition coefficient (Wildman–Crippen LogP) is 1.71.